The molecule has 0 saturated heterocycles. The first kappa shape index (κ1) is 21.5. The van der Waals surface area contributed by atoms with Gasteiger partial charge < -0.3 is 4.90 Å². The second-order valence-electron chi connectivity index (χ2n) is 8.42. The van der Waals surface area contributed by atoms with Crippen LogP contribution in [0.3, 0.4) is 0 Å². The van der Waals surface area contributed by atoms with E-state index in [1.807, 2.05) is 6.07 Å². The molecule has 2 nitrogen and oxygen atoms in total. The van der Waals surface area contributed by atoms with Crippen LogP contribution in [0, 0.1) is 28.9 Å². The zero-order chi connectivity index (χ0) is 20.9. The van der Waals surface area contributed by atoms with Crippen LogP contribution in [0.25, 0.3) is 0 Å². The van der Waals surface area contributed by atoms with Crippen molar-refractivity contribution in [2.45, 2.75) is 57.4 Å². The van der Waals surface area contributed by atoms with Crippen molar-refractivity contribution in [2.75, 3.05) is 13.1 Å². The average Bonchev–Trinajstić information content (AvgIpc) is 3.55. The molecule has 1 saturated carbocycles. The van der Waals surface area contributed by atoms with Gasteiger partial charge in [-0.3, -0.25) is 0 Å². The molecule has 1 aliphatic carbocycles. The Kier molecular flexibility index (Phi) is 7.03. The van der Waals surface area contributed by atoms with Crippen molar-refractivity contribution in [3.63, 3.8) is 0 Å². The quantitative estimate of drug-likeness (QED) is 0.502. The van der Waals surface area contributed by atoms with Gasteiger partial charge in [-0.25, -0.2) is 8.78 Å². The van der Waals surface area contributed by atoms with E-state index in [4.69, 9.17) is 0 Å². The third-order valence-electron chi connectivity index (χ3n) is 6.16. The van der Waals surface area contributed by atoms with Crippen LogP contribution in [0.15, 0.2) is 48.5 Å². The first-order chi connectivity index (χ1) is 14.0. The van der Waals surface area contributed by atoms with E-state index in [-0.39, 0.29) is 11.5 Å². The van der Waals surface area contributed by atoms with E-state index in [9.17, 15) is 14.0 Å². The predicted molar refractivity (Wildman–Crippen MR) is 112 cm³/mol. The van der Waals surface area contributed by atoms with E-state index in [1.165, 1.54) is 23.8 Å². The fraction of sp³-hybridized carbons (Fsp3) is 0.480. The highest BCUT2D eigenvalue weighted by molar-refractivity contribution is 5.37. The molecule has 2 aromatic carbocycles. The highest BCUT2D eigenvalue weighted by atomic mass is 19.1. The number of rotatable bonds is 10. The molecule has 0 heterocycles. The van der Waals surface area contributed by atoms with Crippen LogP contribution >= 0.6 is 0 Å². The summed E-state index contributed by atoms with van der Waals surface area (Å²) >= 11 is 0. The molecule has 4 heteroatoms. The van der Waals surface area contributed by atoms with E-state index in [1.54, 1.807) is 0 Å². The monoisotopic (exact) mass is 396 g/mol. The summed E-state index contributed by atoms with van der Waals surface area (Å²) in [5.41, 5.74) is 0.221. The standard InChI is InChI=1S/C25H30F2N2/c1-19(2)29(17-14-20-8-4-3-5-9-20)16-7-15-25(18-28,21-12-13-21)24-22(26)10-6-11-23(24)27/h3-6,8-11,19,21H,7,12-17H2,1-2H3. The zero-order valence-electron chi connectivity index (χ0n) is 17.4. The maximum Gasteiger partial charge on any atom is 0.130 e. The summed E-state index contributed by atoms with van der Waals surface area (Å²) in [6, 6.07) is 17.0. The van der Waals surface area contributed by atoms with Crippen LogP contribution in [0.2, 0.25) is 0 Å². The van der Waals surface area contributed by atoms with E-state index in [2.05, 4.69) is 49.1 Å². The largest absolute Gasteiger partial charge is 0.301 e. The molecule has 154 valence electrons. The zero-order valence-corrected chi connectivity index (χ0v) is 17.4. The first-order valence-corrected chi connectivity index (χ1v) is 10.6. The van der Waals surface area contributed by atoms with Gasteiger partial charge in [0.15, 0.2) is 0 Å². The van der Waals surface area contributed by atoms with Crippen molar-refractivity contribution in [1.82, 2.24) is 4.90 Å². The summed E-state index contributed by atoms with van der Waals surface area (Å²) < 4.78 is 29.1. The van der Waals surface area contributed by atoms with Gasteiger partial charge in [-0.2, -0.15) is 5.26 Å². The van der Waals surface area contributed by atoms with Crippen molar-refractivity contribution in [2.24, 2.45) is 5.92 Å². The van der Waals surface area contributed by atoms with E-state index >= 15 is 0 Å². The number of hydrogen-bond acceptors (Lipinski definition) is 2. The van der Waals surface area contributed by atoms with Crippen LogP contribution in [-0.2, 0) is 11.8 Å². The minimum absolute atomic E-state index is 0.0228. The Labute approximate surface area is 173 Å². The number of halogens is 2. The average molecular weight is 397 g/mol. The topological polar surface area (TPSA) is 27.0 Å². The van der Waals surface area contributed by atoms with Crippen molar-refractivity contribution in [3.8, 4) is 6.07 Å². The highest BCUT2D eigenvalue weighted by Gasteiger charge is 2.49. The Bertz CT molecular complexity index is 819. The lowest BCUT2D eigenvalue weighted by molar-refractivity contribution is 0.212. The van der Waals surface area contributed by atoms with Gasteiger partial charge >= 0.3 is 0 Å². The van der Waals surface area contributed by atoms with Gasteiger partial charge in [0.2, 0.25) is 0 Å². The van der Waals surface area contributed by atoms with Crippen LogP contribution in [-0.4, -0.2) is 24.0 Å². The van der Waals surface area contributed by atoms with Crippen molar-refractivity contribution >= 4 is 0 Å². The van der Waals surface area contributed by atoms with E-state index < -0.39 is 17.0 Å². The van der Waals surface area contributed by atoms with Gasteiger partial charge in [0.1, 0.15) is 11.6 Å². The second kappa shape index (κ2) is 9.50. The van der Waals surface area contributed by atoms with Crippen LogP contribution in [0.1, 0.15) is 50.7 Å². The Morgan fingerprint density at radius 1 is 1.03 bits per heavy atom. The molecule has 3 rings (SSSR count). The third-order valence-corrected chi connectivity index (χ3v) is 6.16. The fourth-order valence-corrected chi connectivity index (χ4v) is 4.34. The van der Waals surface area contributed by atoms with Gasteiger partial charge in [-0.1, -0.05) is 36.4 Å². The molecule has 1 atom stereocenters. The van der Waals surface area contributed by atoms with E-state index in [0.29, 0.717) is 12.5 Å². The molecule has 0 bridgehead atoms. The van der Waals surface area contributed by atoms with Crippen molar-refractivity contribution in [3.05, 3.63) is 71.3 Å². The normalized spacial score (nSPS) is 16.0. The minimum Gasteiger partial charge on any atom is -0.301 e. The molecule has 0 radical (unpaired) electrons. The summed E-state index contributed by atoms with van der Waals surface area (Å²) in [5.74, 6) is -1.14. The third kappa shape index (κ3) is 5.03. The summed E-state index contributed by atoms with van der Waals surface area (Å²) in [4.78, 5) is 2.39. The van der Waals surface area contributed by atoms with Gasteiger partial charge in [0.25, 0.3) is 0 Å². The van der Waals surface area contributed by atoms with E-state index in [0.717, 1.165) is 38.8 Å². The summed E-state index contributed by atoms with van der Waals surface area (Å²) in [5, 5.41) is 10.0. The smallest absolute Gasteiger partial charge is 0.130 e. The molecule has 0 amide bonds. The van der Waals surface area contributed by atoms with Crippen molar-refractivity contribution < 1.29 is 8.78 Å². The summed E-state index contributed by atoms with van der Waals surface area (Å²) in [6.07, 6.45) is 3.92. The number of nitrogens with zero attached hydrogens (tertiary/aromatic N) is 2. The molecule has 0 aromatic heterocycles. The Hall–Kier alpha value is -2.25. The van der Waals surface area contributed by atoms with Crippen molar-refractivity contribution in [1.29, 1.82) is 5.26 Å². The predicted octanol–water partition coefficient (Wildman–Crippen LogP) is 5.87. The SMILES string of the molecule is CC(C)N(CCCC(C#N)(c1c(F)cccc1F)C1CC1)CCc1ccccc1. The molecule has 0 spiro atoms. The molecule has 2 aromatic rings. The molecule has 1 aliphatic rings. The molecule has 29 heavy (non-hydrogen) atoms. The van der Waals surface area contributed by atoms with Crippen LogP contribution < -0.4 is 0 Å². The van der Waals surface area contributed by atoms with Gasteiger partial charge in [0, 0.05) is 18.2 Å². The van der Waals surface area contributed by atoms with Gasteiger partial charge in [0.05, 0.1) is 11.5 Å². The molecule has 1 fully saturated rings. The van der Waals surface area contributed by atoms with Crippen LogP contribution in [0.5, 0.6) is 0 Å². The Morgan fingerprint density at radius 2 is 1.69 bits per heavy atom. The maximum absolute atomic E-state index is 14.5. The van der Waals surface area contributed by atoms with Gasteiger partial charge in [-0.05, 0) is 76.1 Å². The minimum atomic E-state index is -1.06. The molecule has 0 aliphatic heterocycles. The summed E-state index contributed by atoms with van der Waals surface area (Å²) in [6.45, 7) is 6.08. The lowest BCUT2D eigenvalue weighted by Gasteiger charge is -2.31. The second-order valence-corrected chi connectivity index (χ2v) is 8.42. The molecule has 0 N–H and O–H groups in total. The highest BCUT2D eigenvalue weighted by Crippen LogP contribution is 2.51. The number of benzene rings is 2. The molecular formula is C25H30F2N2. The Morgan fingerprint density at radius 3 is 2.24 bits per heavy atom. The van der Waals surface area contributed by atoms with Crippen LogP contribution in [0.4, 0.5) is 8.78 Å². The molecular weight excluding hydrogens is 366 g/mol. The fourth-order valence-electron chi connectivity index (χ4n) is 4.34. The summed E-state index contributed by atoms with van der Waals surface area (Å²) in [7, 11) is 0. The first-order valence-electron chi connectivity index (χ1n) is 10.6. The lowest BCUT2D eigenvalue weighted by Crippen LogP contribution is -2.36. The molecule has 1 unspecified atom stereocenters. The number of nitriles is 1. The Balaban J connectivity index is 1.68. The lowest BCUT2D eigenvalue weighted by atomic mass is 9.73. The maximum atomic E-state index is 14.5. The van der Waals surface area contributed by atoms with Gasteiger partial charge in [-0.15, -0.1) is 0 Å². The number of hydrogen-bond donors (Lipinski definition) is 0.